The molecule has 0 saturated heterocycles. The molecule has 0 spiro atoms. The Morgan fingerprint density at radius 2 is 1.82 bits per heavy atom. The van der Waals surface area contributed by atoms with Gasteiger partial charge in [0, 0.05) is 22.7 Å². The Kier molecular flexibility index (Phi) is 4.84. The van der Waals surface area contributed by atoms with E-state index in [9.17, 15) is 27.9 Å². The normalized spacial score (nSPS) is 12.4. The fraction of sp³-hybridized carbons (Fsp3) is 0.158. The number of nitrogens with zero attached hydrogens (tertiary/aromatic N) is 1. The van der Waals surface area contributed by atoms with Gasteiger partial charge in [0.2, 0.25) is 5.91 Å². The summed E-state index contributed by atoms with van der Waals surface area (Å²) in [5, 5.41) is 9.13. The first-order valence-electron chi connectivity index (χ1n) is 8.07. The minimum Gasteiger partial charge on any atom is -0.503 e. The van der Waals surface area contributed by atoms with Crippen molar-refractivity contribution < 1.29 is 27.9 Å². The number of carbonyl (C=O) groups is 2. The van der Waals surface area contributed by atoms with Crippen LogP contribution in [-0.4, -0.2) is 21.5 Å². The van der Waals surface area contributed by atoms with Gasteiger partial charge in [-0.05, 0) is 37.6 Å². The molecule has 0 saturated carbocycles. The second-order valence-corrected chi connectivity index (χ2v) is 6.71. The number of hydrogen-bond acceptors (Lipinski definition) is 3. The molecule has 0 bridgehead atoms. The lowest BCUT2D eigenvalue weighted by atomic mass is 9.97. The Bertz CT molecular complexity index is 1160. The zero-order chi connectivity index (χ0) is 20.9. The number of phenolic OH excluding ortho intramolecular Hbond substituents is 1. The zero-order valence-electron chi connectivity index (χ0n) is 14.7. The molecule has 0 unspecified atom stereocenters. The van der Waals surface area contributed by atoms with Gasteiger partial charge in [0.05, 0.1) is 16.5 Å². The van der Waals surface area contributed by atoms with Crippen molar-refractivity contribution in [3.8, 4) is 5.75 Å². The summed E-state index contributed by atoms with van der Waals surface area (Å²) in [6.45, 7) is 2.80. The fourth-order valence-corrected chi connectivity index (χ4v) is 3.32. The van der Waals surface area contributed by atoms with Crippen molar-refractivity contribution in [3.63, 3.8) is 0 Å². The van der Waals surface area contributed by atoms with Crippen molar-refractivity contribution in [2.75, 3.05) is 0 Å². The molecular formula is C19H14ClF3N2O3. The number of primary amides is 1. The van der Waals surface area contributed by atoms with Crippen LogP contribution in [0.1, 0.15) is 34.5 Å². The Balaban J connectivity index is 2.39. The molecule has 1 amide bonds. The third kappa shape index (κ3) is 2.90. The lowest BCUT2D eigenvalue weighted by Crippen LogP contribution is -2.20. The SMILES string of the molecule is Cc1c([C@H](C)C(N)=O)c2c(F)c(O)c(F)cc2n1C(=O)c1ccc(Cl)c(F)c1. The molecule has 3 rings (SSSR count). The van der Waals surface area contributed by atoms with E-state index in [1.54, 1.807) is 0 Å². The van der Waals surface area contributed by atoms with Gasteiger partial charge in [-0.2, -0.15) is 0 Å². The van der Waals surface area contributed by atoms with Gasteiger partial charge < -0.3 is 10.8 Å². The van der Waals surface area contributed by atoms with Gasteiger partial charge in [-0.15, -0.1) is 0 Å². The van der Waals surface area contributed by atoms with Gasteiger partial charge >= 0.3 is 0 Å². The summed E-state index contributed by atoms with van der Waals surface area (Å²) in [5.74, 6) is -7.36. The smallest absolute Gasteiger partial charge is 0.262 e. The zero-order valence-corrected chi connectivity index (χ0v) is 15.4. The quantitative estimate of drug-likeness (QED) is 0.684. The number of rotatable bonds is 3. The molecule has 5 nitrogen and oxygen atoms in total. The Labute approximate surface area is 162 Å². The predicted molar refractivity (Wildman–Crippen MR) is 97.0 cm³/mol. The van der Waals surface area contributed by atoms with Crippen LogP contribution in [-0.2, 0) is 4.79 Å². The minimum absolute atomic E-state index is 0.0260. The Hall–Kier alpha value is -3.00. The molecule has 28 heavy (non-hydrogen) atoms. The summed E-state index contributed by atoms with van der Waals surface area (Å²) >= 11 is 5.63. The maximum atomic E-state index is 14.7. The molecule has 1 aromatic heterocycles. The van der Waals surface area contributed by atoms with Gasteiger partial charge in [0.1, 0.15) is 5.82 Å². The number of halogens is 4. The van der Waals surface area contributed by atoms with Crippen LogP contribution in [0.15, 0.2) is 24.3 Å². The van der Waals surface area contributed by atoms with Gasteiger partial charge in [-0.3, -0.25) is 14.2 Å². The van der Waals surface area contributed by atoms with Crippen LogP contribution in [0.3, 0.4) is 0 Å². The molecule has 0 aliphatic rings. The molecule has 3 aromatic rings. The van der Waals surface area contributed by atoms with Crippen molar-refractivity contribution in [1.29, 1.82) is 0 Å². The Morgan fingerprint density at radius 3 is 2.39 bits per heavy atom. The molecule has 2 aromatic carbocycles. The monoisotopic (exact) mass is 410 g/mol. The number of aromatic hydroxyl groups is 1. The van der Waals surface area contributed by atoms with Crippen molar-refractivity contribution in [1.82, 2.24) is 4.57 Å². The van der Waals surface area contributed by atoms with E-state index in [1.165, 1.54) is 26.0 Å². The van der Waals surface area contributed by atoms with Crippen molar-refractivity contribution >= 4 is 34.3 Å². The number of carbonyl (C=O) groups excluding carboxylic acids is 2. The third-order valence-corrected chi connectivity index (χ3v) is 4.94. The van der Waals surface area contributed by atoms with Crippen molar-refractivity contribution in [2.45, 2.75) is 19.8 Å². The molecule has 0 radical (unpaired) electrons. The summed E-state index contributed by atoms with van der Waals surface area (Å²) in [4.78, 5) is 24.7. The highest BCUT2D eigenvalue weighted by molar-refractivity contribution is 6.30. The lowest BCUT2D eigenvalue weighted by Gasteiger charge is -2.10. The van der Waals surface area contributed by atoms with Crippen LogP contribution in [0, 0.1) is 24.4 Å². The second kappa shape index (κ2) is 6.87. The van der Waals surface area contributed by atoms with Crippen LogP contribution in [0.25, 0.3) is 10.9 Å². The number of phenols is 1. The second-order valence-electron chi connectivity index (χ2n) is 6.31. The summed E-state index contributed by atoms with van der Waals surface area (Å²) in [7, 11) is 0. The first-order valence-corrected chi connectivity index (χ1v) is 8.45. The van der Waals surface area contributed by atoms with Crippen LogP contribution < -0.4 is 5.73 Å². The number of nitrogens with two attached hydrogens (primary N) is 1. The van der Waals surface area contributed by atoms with Gasteiger partial charge in [0.25, 0.3) is 5.91 Å². The Morgan fingerprint density at radius 1 is 1.18 bits per heavy atom. The van der Waals surface area contributed by atoms with E-state index < -0.39 is 40.9 Å². The molecule has 1 heterocycles. The highest BCUT2D eigenvalue weighted by atomic mass is 35.5. The van der Waals surface area contributed by atoms with E-state index in [2.05, 4.69) is 0 Å². The number of aromatic nitrogens is 1. The maximum Gasteiger partial charge on any atom is 0.262 e. The lowest BCUT2D eigenvalue weighted by molar-refractivity contribution is -0.119. The molecule has 3 N–H and O–H groups in total. The molecular weight excluding hydrogens is 397 g/mol. The first-order chi connectivity index (χ1) is 13.1. The number of hydrogen-bond donors (Lipinski definition) is 2. The van der Waals surface area contributed by atoms with Gasteiger partial charge in [-0.1, -0.05) is 11.6 Å². The topological polar surface area (TPSA) is 85.3 Å². The molecule has 0 fully saturated rings. The summed E-state index contributed by atoms with van der Waals surface area (Å²) in [6, 6.07) is 4.08. The standard InChI is InChI=1S/C19H14ClF3N2O3/c1-7(18(24)27)14-8(2)25(13-6-12(22)17(26)16(23)15(13)14)19(28)9-3-4-10(20)11(21)5-9/h3-7,26H,1-2H3,(H2,24,27)/t7-/m0/s1. The van der Waals surface area contributed by atoms with E-state index >= 15 is 0 Å². The number of fused-ring (bicyclic) bond motifs is 1. The van der Waals surface area contributed by atoms with Crippen LogP contribution >= 0.6 is 11.6 Å². The molecule has 146 valence electrons. The van der Waals surface area contributed by atoms with Crippen molar-refractivity contribution in [2.24, 2.45) is 5.73 Å². The van der Waals surface area contributed by atoms with E-state index in [0.29, 0.717) is 0 Å². The molecule has 0 aliphatic heterocycles. The average Bonchev–Trinajstić information content (AvgIpc) is 2.92. The van der Waals surface area contributed by atoms with Gasteiger partial charge in [-0.25, -0.2) is 13.2 Å². The van der Waals surface area contributed by atoms with E-state index in [1.807, 2.05) is 0 Å². The van der Waals surface area contributed by atoms with E-state index in [4.69, 9.17) is 17.3 Å². The van der Waals surface area contributed by atoms with Crippen LogP contribution in [0.2, 0.25) is 5.02 Å². The van der Waals surface area contributed by atoms with E-state index in [-0.39, 0.29) is 32.7 Å². The number of amides is 1. The number of benzene rings is 2. The maximum absolute atomic E-state index is 14.7. The summed E-state index contributed by atoms with van der Waals surface area (Å²) < 4.78 is 43.4. The molecule has 0 aliphatic carbocycles. The third-order valence-electron chi connectivity index (χ3n) is 4.64. The molecule has 1 atom stereocenters. The van der Waals surface area contributed by atoms with Crippen molar-refractivity contribution in [3.05, 3.63) is 63.6 Å². The molecule has 9 heteroatoms. The highest BCUT2D eigenvalue weighted by Crippen LogP contribution is 2.38. The minimum atomic E-state index is -1.32. The van der Waals surface area contributed by atoms with Crippen LogP contribution in [0.5, 0.6) is 5.75 Å². The average molecular weight is 411 g/mol. The van der Waals surface area contributed by atoms with Gasteiger partial charge in [0.15, 0.2) is 17.4 Å². The highest BCUT2D eigenvalue weighted by Gasteiger charge is 2.30. The predicted octanol–water partition coefficient (Wildman–Crippen LogP) is 4.00. The fourth-order valence-electron chi connectivity index (χ4n) is 3.20. The summed E-state index contributed by atoms with van der Waals surface area (Å²) in [6.07, 6.45) is 0. The van der Waals surface area contributed by atoms with Crippen LogP contribution in [0.4, 0.5) is 13.2 Å². The first kappa shape index (κ1) is 19.8. The van der Waals surface area contributed by atoms with E-state index in [0.717, 1.165) is 16.7 Å². The summed E-state index contributed by atoms with van der Waals surface area (Å²) in [5.41, 5.74) is 5.09. The largest absolute Gasteiger partial charge is 0.503 e.